The number of amides is 3. The Labute approximate surface area is 350 Å². The number of carbonyl (C=O) groups is 4. The van der Waals surface area contributed by atoms with Gasteiger partial charge in [0.2, 0.25) is 15.9 Å². The number of hydrogen-bond donors (Lipinski definition) is 2. The summed E-state index contributed by atoms with van der Waals surface area (Å²) in [6.07, 6.45) is -1.71. The fourth-order valence-corrected chi connectivity index (χ4v) is 9.41. The molecule has 0 saturated carbocycles. The number of halogens is 2. The number of rotatable bonds is 11. The molecule has 61 heavy (non-hydrogen) atoms. The van der Waals surface area contributed by atoms with Crippen molar-refractivity contribution in [1.29, 1.82) is 0 Å². The highest BCUT2D eigenvalue weighted by Crippen LogP contribution is 2.46. The number of hydrogen-bond acceptors (Lipinski definition) is 10. The van der Waals surface area contributed by atoms with Crippen molar-refractivity contribution in [3.8, 4) is 11.1 Å². The predicted molar refractivity (Wildman–Crippen MR) is 222 cm³/mol. The second-order valence-corrected chi connectivity index (χ2v) is 17.1. The number of anilines is 3. The second kappa shape index (κ2) is 16.4. The van der Waals surface area contributed by atoms with E-state index in [2.05, 4.69) is 15.7 Å². The summed E-state index contributed by atoms with van der Waals surface area (Å²) in [4.78, 5) is 56.4. The number of aromatic nitrogens is 2. The molecule has 318 valence electrons. The first-order valence-corrected chi connectivity index (χ1v) is 20.6. The molecule has 4 aromatic carbocycles. The molecule has 1 aliphatic carbocycles. The predicted octanol–water partition coefficient (Wildman–Crippen LogP) is 6.74. The van der Waals surface area contributed by atoms with Crippen LogP contribution in [0.25, 0.3) is 11.1 Å². The van der Waals surface area contributed by atoms with Crippen LogP contribution in [0.15, 0.2) is 89.8 Å². The van der Waals surface area contributed by atoms with Gasteiger partial charge in [-0.2, -0.15) is 9.40 Å². The molecule has 15 nitrogen and oxygen atoms in total. The molecule has 5 aromatic rings. The molecule has 0 spiro atoms. The minimum Gasteiger partial charge on any atom is -0.448 e. The minimum absolute atomic E-state index is 0.0460. The minimum atomic E-state index is -4.56. The lowest BCUT2D eigenvalue weighted by atomic mass is 9.98. The van der Waals surface area contributed by atoms with Gasteiger partial charge in [0.1, 0.15) is 30.6 Å². The van der Waals surface area contributed by atoms with E-state index in [1.165, 1.54) is 27.0 Å². The van der Waals surface area contributed by atoms with Crippen LogP contribution in [0.4, 0.5) is 35.6 Å². The summed E-state index contributed by atoms with van der Waals surface area (Å²) < 4.78 is 68.7. The van der Waals surface area contributed by atoms with Gasteiger partial charge in [-0.25, -0.2) is 26.8 Å². The van der Waals surface area contributed by atoms with Crippen LogP contribution >= 0.6 is 0 Å². The van der Waals surface area contributed by atoms with Gasteiger partial charge in [-0.05, 0) is 73.4 Å². The van der Waals surface area contributed by atoms with Gasteiger partial charge in [-0.15, -0.1) is 4.68 Å². The van der Waals surface area contributed by atoms with E-state index < -0.39 is 69.2 Å². The van der Waals surface area contributed by atoms with Gasteiger partial charge >= 0.3 is 12.2 Å². The number of carbonyl (C=O) groups excluding carboxylic acids is 4. The number of nitrogens with one attached hydrogen (secondary N) is 2. The average molecular weight is 856 g/mol. The zero-order valence-corrected chi connectivity index (χ0v) is 35.0. The zero-order valence-electron chi connectivity index (χ0n) is 34.2. The molecular formula is C43H43F2N7O8S. The van der Waals surface area contributed by atoms with Crippen molar-refractivity contribution in [2.75, 3.05) is 56.4 Å². The van der Waals surface area contributed by atoms with E-state index in [9.17, 15) is 36.4 Å². The molecule has 1 aliphatic heterocycles. The quantitative estimate of drug-likeness (QED) is 0.145. The van der Waals surface area contributed by atoms with Gasteiger partial charge < -0.3 is 29.9 Å². The molecule has 0 saturated heterocycles. The zero-order chi connectivity index (χ0) is 44.0. The van der Waals surface area contributed by atoms with Gasteiger partial charge in [-0.1, -0.05) is 48.5 Å². The number of fused-ring (bicyclic) bond motifs is 4. The van der Waals surface area contributed by atoms with Crippen LogP contribution in [0.1, 0.15) is 59.4 Å². The van der Waals surface area contributed by atoms with Crippen LogP contribution in [0.2, 0.25) is 0 Å². The first kappa shape index (κ1) is 42.5. The number of benzene rings is 4. The van der Waals surface area contributed by atoms with Crippen LogP contribution in [0.3, 0.4) is 0 Å². The molecule has 18 heteroatoms. The molecule has 1 aromatic heterocycles. The number of likely N-dealkylation sites (N-methyl/N-ethyl adjacent to an activating group) is 1. The maximum absolute atomic E-state index is 14.2. The molecule has 0 radical (unpaired) electrons. The van der Waals surface area contributed by atoms with E-state index in [0.29, 0.717) is 23.9 Å². The van der Waals surface area contributed by atoms with Crippen molar-refractivity contribution in [2.45, 2.75) is 43.7 Å². The number of ether oxygens (including phenoxy) is 2. The summed E-state index contributed by atoms with van der Waals surface area (Å²) in [6, 6.07) is 22.3. The van der Waals surface area contributed by atoms with Gasteiger partial charge in [0.05, 0.1) is 34.0 Å². The molecule has 2 aliphatic rings. The van der Waals surface area contributed by atoms with Crippen molar-refractivity contribution in [3.63, 3.8) is 0 Å². The van der Waals surface area contributed by atoms with Crippen molar-refractivity contribution >= 4 is 51.2 Å². The third-order valence-corrected chi connectivity index (χ3v) is 12.6. The largest absolute Gasteiger partial charge is 0.448 e. The Kier molecular flexibility index (Phi) is 11.4. The Morgan fingerprint density at radius 2 is 1.49 bits per heavy atom. The highest BCUT2D eigenvalue weighted by Gasteiger charge is 2.50. The molecule has 0 bridgehead atoms. The van der Waals surface area contributed by atoms with Gasteiger partial charge in [0.25, 0.3) is 5.91 Å². The van der Waals surface area contributed by atoms with Crippen LogP contribution in [-0.2, 0) is 36.4 Å². The van der Waals surface area contributed by atoms with Crippen LogP contribution < -0.4 is 15.5 Å². The molecule has 7 rings (SSSR count). The molecule has 0 fully saturated rings. The summed E-state index contributed by atoms with van der Waals surface area (Å²) in [5.41, 5.74) is 3.49. The standard InChI is InChI=1S/C43H43F2N7O8S/c1-7-59-42(56)52-39(34-22-51(43(2,3)38(34)48-52)61(57,58)28-19-25(44)18-26(45)20-28)47-40(54)33-17-16-27(49(4)5)21-36(33)46-37(53)23-50(6)41(55)60-24-35-31-14-10-8-12-29(31)30-13-9-11-15-32(30)35/h8-21,35H,7,22-24H2,1-6H3,(H,46,53)(H,47,54). The summed E-state index contributed by atoms with van der Waals surface area (Å²) in [7, 11) is 0.360. The third-order valence-electron chi connectivity index (χ3n) is 10.7. The lowest BCUT2D eigenvalue weighted by Gasteiger charge is -2.30. The van der Waals surface area contributed by atoms with Gasteiger partial charge in [-0.3, -0.25) is 9.59 Å². The Bertz CT molecular complexity index is 2640. The maximum Gasteiger partial charge on any atom is 0.436 e. The van der Waals surface area contributed by atoms with E-state index >= 15 is 0 Å². The molecule has 0 atom stereocenters. The van der Waals surface area contributed by atoms with Crippen LogP contribution in [-0.4, -0.2) is 92.3 Å². The third kappa shape index (κ3) is 8.03. The first-order chi connectivity index (χ1) is 28.9. The summed E-state index contributed by atoms with van der Waals surface area (Å²) >= 11 is 0. The summed E-state index contributed by atoms with van der Waals surface area (Å²) in [5, 5.41) is 9.75. The van der Waals surface area contributed by atoms with E-state index in [1.807, 2.05) is 48.5 Å². The van der Waals surface area contributed by atoms with Crippen molar-refractivity contribution in [3.05, 3.63) is 125 Å². The van der Waals surface area contributed by atoms with Crippen molar-refractivity contribution in [2.24, 2.45) is 0 Å². The Morgan fingerprint density at radius 1 is 0.869 bits per heavy atom. The SMILES string of the molecule is CCOC(=O)n1nc2c(c1NC(=O)c1ccc(N(C)C)cc1NC(=O)CN(C)C(=O)OCC1c3ccccc3-c3ccccc31)CN(S(=O)(=O)c1cc(F)cc(F)c1)C2(C)C. The Hall–Kier alpha value is -6.66. The topological polar surface area (TPSA) is 172 Å². The molecule has 3 amide bonds. The average Bonchev–Trinajstić information content (AvgIpc) is 3.83. The maximum atomic E-state index is 14.2. The van der Waals surface area contributed by atoms with E-state index in [0.717, 1.165) is 36.1 Å². The summed E-state index contributed by atoms with van der Waals surface area (Å²) in [6.45, 7) is 3.64. The van der Waals surface area contributed by atoms with E-state index in [1.54, 1.807) is 38.1 Å². The Balaban J connectivity index is 1.11. The normalized spacial score (nSPS) is 14.1. The van der Waals surface area contributed by atoms with Crippen molar-refractivity contribution in [1.82, 2.24) is 19.0 Å². The molecule has 2 N–H and O–H groups in total. The molecule has 0 unspecified atom stereocenters. The summed E-state index contributed by atoms with van der Waals surface area (Å²) in [5.74, 6) is -4.09. The smallest absolute Gasteiger partial charge is 0.436 e. The number of nitrogens with zero attached hydrogens (tertiary/aromatic N) is 5. The highest BCUT2D eigenvalue weighted by atomic mass is 32.2. The van der Waals surface area contributed by atoms with E-state index in [4.69, 9.17) is 9.47 Å². The second-order valence-electron chi connectivity index (χ2n) is 15.2. The van der Waals surface area contributed by atoms with Crippen LogP contribution in [0.5, 0.6) is 0 Å². The fraction of sp³-hybridized carbons (Fsp3) is 0.279. The monoisotopic (exact) mass is 855 g/mol. The van der Waals surface area contributed by atoms with Crippen LogP contribution in [0, 0.1) is 11.6 Å². The van der Waals surface area contributed by atoms with Gasteiger partial charge in [0.15, 0.2) is 0 Å². The fourth-order valence-electron chi connectivity index (χ4n) is 7.65. The Morgan fingerprint density at radius 3 is 2.10 bits per heavy atom. The highest BCUT2D eigenvalue weighted by molar-refractivity contribution is 7.89. The lowest BCUT2D eigenvalue weighted by Crippen LogP contribution is -2.41. The molecular weight excluding hydrogens is 813 g/mol. The van der Waals surface area contributed by atoms with Crippen molar-refractivity contribution < 1.29 is 45.9 Å². The molecule has 2 heterocycles. The van der Waals surface area contributed by atoms with E-state index in [-0.39, 0.29) is 47.5 Å². The van der Waals surface area contributed by atoms with Gasteiger partial charge in [0, 0.05) is 50.9 Å². The number of sulfonamides is 1. The lowest BCUT2D eigenvalue weighted by molar-refractivity contribution is -0.116. The first-order valence-electron chi connectivity index (χ1n) is 19.2.